The number of nitrogens with zero attached hydrogens (tertiary/aromatic N) is 1. The molecule has 1 aromatic heterocycles. The summed E-state index contributed by atoms with van der Waals surface area (Å²) in [6, 6.07) is 61.4. The van der Waals surface area contributed by atoms with Crippen molar-refractivity contribution in [3.8, 4) is 33.4 Å². The van der Waals surface area contributed by atoms with Crippen molar-refractivity contribution < 1.29 is 0 Å². The normalized spacial score (nSPS) is 13.7. The van der Waals surface area contributed by atoms with Crippen LogP contribution in [0.15, 0.2) is 164 Å². The zero-order valence-corrected chi connectivity index (χ0v) is 30.0. The topological polar surface area (TPSA) is 3.24 Å². The van der Waals surface area contributed by atoms with E-state index < -0.39 is 0 Å². The Morgan fingerprint density at radius 2 is 1.12 bits per heavy atom. The van der Waals surface area contributed by atoms with Gasteiger partial charge in [0.05, 0.1) is 0 Å². The van der Waals surface area contributed by atoms with Crippen molar-refractivity contribution in [3.63, 3.8) is 0 Å². The lowest BCUT2D eigenvalue weighted by molar-refractivity contribution is 0.660. The first-order valence-corrected chi connectivity index (χ1v) is 19.0. The van der Waals surface area contributed by atoms with Gasteiger partial charge in [0.25, 0.3) is 0 Å². The Labute approximate surface area is 308 Å². The lowest BCUT2D eigenvalue weighted by Gasteiger charge is -2.28. The van der Waals surface area contributed by atoms with E-state index >= 15 is 0 Å². The smallest absolute Gasteiger partial charge is 0.0467 e. The van der Waals surface area contributed by atoms with Crippen molar-refractivity contribution >= 4 is 59.3 Å². The highest BCUT2D eigenvalue weighted by Crippen LogP contribution is 2.51. The largest absolute Gasteiger partial charge is 0.310 e. The zero-order valence-electron chi connectivity index (χ0n) is 29.2. The molecule has 0 amide bonds. The molecule has 1 nitrogen and oxygen atoms in total. The van der Waals surface area contributed by atoms with Crippen molar-refractivity contribution in [2.24, 2.45) is 0 Å². The fourth-order valence-corrected chi connectivity index (χ4v) is 10.2. The van der Waals surface area contributed by atoms with Crippen molar-refractivity contribution in [1.82, 2.24) is 0 Å². The zero-order chi connectivity index (χ0) is 34.6. The molecular weight excluding hydrogens is 647 g/mol. The summed E-state index contributed by atoms with van der Waals surface area (Å²) in [5.41, 5.74) is 16.9. The molecule has 1 heterocycles. The first-order chi connectivity index (χ1) is 25.5. The summed E-state index contributed by atoms with van der Waals surface area (Å²) in [4.78, 5) is 2.46. The molecule has 0 N–H and O–H groups in total. The van der Waals surface area contributed by atoms with Gasteiger partial charge in [0.2, 0.25) is 0 Å². The van der Waals surface area contributed by atoms with Crippen LogP contribution in [-0.2, 0) is 11.8 Å². The number of thiophene rings is 1. The predicted molar refractivity (Wildman–Crippen MR) is 223 cm³/mol. The van der Waals surface area contributed by atoms with Crippen LogP contribution in [0, 0.1) is 0 Å². The van der Waals surface area contributed by atoms with Gasteiger partial charge in [-0.05, 0) is 127 Å². The standard InChI is InChI=1S/C50H35NS/c1-50(2)45-16-8-7-14-41(45)42-25-24-38(30-46(42)50)51(37-23-20-35-26-34-12-5-6-13-39(34)43(35)29-37)36-21-18-31(19-22-36)40-15-9-17-47-49(40)44-27-32-10-3-4-11-33(32)28-48(44)52-47/h3-25,27-30H,26H2,1-2H3. The lowest BCUT2D eigenvalue weighted by atomic mass is 9.82. The van der Waals surface area contributed by atoms with E-state index in [4.69, 9.17) is 0 Å². The van der Waals surface area contributed by atoms with Crippen LogP contribution in [0.25, 0.3) is 64.3 Å². The summed E-state index contributed by atoms with van der Waals surface area (Å²) in [7, 11) is 0. The Kier molecular flexibility index (Phi) is 6.30. The molecule has 0 saturated heterocycles. The number of hydrogen-bond acceptors (Lipinski definition) is 2. The fraction of sp³-hybridized carbons (Fsp3) is 0.0800. The highest BCUT2D eigenvalue weighted by Gasteiger charge is 2.36. The van der Waals surface area contributed by atoms with Crippen LogP contribution in [-0.4, -0.2) is 0 Å². The molecule has 0 fully saturated rings. The van der Waals surface area contributed by atoms with E-state index in [1.165, 1.54) is 98.0 Å². The average Bonchev–Trinajstić information content (AvgIpc) is 3.81. The molecule has 0 unspecified atom stereocenters. The number of fused-ring (bicyclic) bond motifs is 10. The van der Waals surface area contributed by atoms with Crippen molar-refractivity contribution in [1.29, 1.82) is 0 Å². The average molecular weight is 682 g/mol. The summed E-state index contributed by atoms with van der Waals surface area (Å²) >= 11 is 1.89. The monoisotopic (exact) mass is 681 g/mol. The summed E-state index contributed by atoms with van der Waals surface area (Å²) in [6.45, 7) is 4.73. The van der Waals surface area contributed by atoms with Crippen molar-refractivity contribution in [2.75, 3.05) is 4.90 Å². The van der Waals surface area contributed by atoms with Crippen LogP contribution < -0.4 is 4.90 Å². The second-order valence-electron chi connectivity index (χ2n) is 14.9. The van der Waals surface area contributed by atoms with Crippen molar-refractivity contribution in [3.05, 3.63) is 186 Å². The van der Waals surface area contributed by atoms with Crippen LogP contribution in [0.4, 0.5) is 17.1 Å². The molecule has 9 aromatic rings. The summed E-state index contributed by atoms with van der Waals surface area (Å²) in [6.07, 6.45) is 0.990. The summed E-state index contributed by atoms with van der Waals surface area (Å²) in [5.74, 6) is 0. The second kappa shape index (κ2) is 11.0. The summed E-state index contributed by atoms with van der Waals surface area (Å²) < 4.78 is 2.66. The van der Waals surface area contributed by atoms with Crippen LogP contribution in [0.5, 0.6) is 0 Å². The van der Waals surface area contributed by atoms with E-state index in [0.717, 1.165) is 12.1 Å². The highest BCUT2D eigenvalue weighted by molar-refractivity contribution is 7.26. The Morgan fingerprint density at radius 1 is 0.462 bits per heavy atom. The number of anilines is 3. The van der Waals surface area contributed by atoms with Gasteiger partial charge in [-0.25, -0.2) is 0 Å². The molecule has 0 bridgehead atoms. The summed E-state index contributed by atoms with van der Waals surface area (Å²) in [5, 5.41) is 5.25. The second-order valence-corrected chi connectivity index (χ2v) is 16.0. The minimum atomic E-state index is -0.0817. The number of hydrogen-bond donors (Lipinski definition) is 0. The molecule has 52 heavy (non-hydrogen) atoms. The molecule has 2 heteroatoms. The molecule has 0 aliphatic heterocycles. The van der Waals surface area contributed by atoms with Gasteiger partial charge in [0, 0.05) is 42.6 Å². The molecule has 2 aliphatic rings. The first-order valence-electron chi connectivity index (χ1n) is 18.2. The third-order valence-corrected chi connectivity index (χ3v) is 12.8. The van der Waals surface area contributed by atoms with Gasteiger partial charge < -0.3 is 4.90 Å². The van der Waals surface area contributed by atoms with Crippen molar-refractivity contribution in [2.45, 2.75) is 25.7 Å². The molecule has 0 radical (unpaired) electrons. The van der Waals surface area contributed by atoms with Gasteiger partial charge >= 0.3 is 0 Å². The Bertz CT molecular complexity index is 2910. The number of rotatable bonds is 4. The molecule has 2 aliphatic carbocycles. The van der Waals surface area contributed by atoms with Crippen LogP contribution in [0.3, 0.4) is 0 Å². The van der Waals surface area contributed by atoms with E-state index in [2.05, 4.69) is 183 Å². The van der Waals surface area contributed by atoms with E-state index in [9.17, 15) is 0 Å². The van der Waals surface area contributed by atoms with Crippen LogP contribution >= 0.6 is 11.3 Å². The van der Waals surface area contributed by atoms with Gasteiger partial charge in [-0.3, -0.25) is 0 Å². The molecule has 11 rings (SSSR count). The third-order valence-electron chi connectivity index (χ3n) is 11.7. The van der Waals surface area contributed by atoms with Gasteiger partial charge in [0.15, 0.2) is 0 Å². The van der Waals surface area contributed by atoms with Gasteiger partial charge in [-0.1, -0.05) is 123 Å². The Balaban J connectivity index is 1.07. The van der Waals surface area contributed by atoms with Crippen LogP contribution in [0.1, 0.15) is 36.1 Å². The minimum absolute atomic E-state index is 0.0817. The molecule has 0 atom stereocenters. The lowest BCUT2D eigenvalue weighted by Crippen LogP contribution is -2.16. The Hall–Kier alpha value is -5.96. The fourth-order valence-electron chi connectivity index (χ4n) is 9.07. The maximum atomic E-state index is 2.46. The maximum absolute atomic E-state index is 2.46. The minimum Gasteiger partial charge on any atom is -0.310 e. The third kappa shape index (κ3) is 4.34. The molecule has 246 valence electrons. The van der Waals surface area contributed by atoms with Crippen LogP contribution in [0.2, 0.25) is 0 Å². The first kappa shape index (κ1) is 29.7. The highest BCUT2D eigenvalue weighted by atomic mass is 32.1. The molecule has 8 aromatic carbocycles. The van der Waals surface area contributed by atoms with E-state index in [1.807, 2.05) is 11.3 Å². The van der Waals surface area contributed by atoms with E-state index in [-0.39, 0.29) is 5.41 Å². The van der Waals surface area contributed by atoms with Gasteiger partial charge in [0.1, 0.15) is 0 Å². The molecule has 0 saturated carbocycles. The van der Waals surface area contributed by atoms with Gasteiger partial charge in [-0.2, -0.15) is 0 Å². The molecular formula is C50H35NS. The quantitative estimate of drug-likeness (QED) is 0.179. The molecule has 0 spiro atoms. The number of benzene rings is 8. The van der Waals surface area contributed by atoms with E-state index in [0.29, 0.717) is 0 Å². The Morgan fingerprint density at radius 3 is 1.98 bits per heavy atom. The maximum Gasteiger partial charge on any atom is 0.0467 e. The van der Waals surface area contributed by atoms with E-state index in [1.54, 1.807) is 0 Å². The predicted octanol–water partition coefficient (Wildman–Crippen LogP) is 14.2. The SMILES string of the molecule is CC1(C)c2ccccc2-c2ccc(N(c3ccc(-c4cccc5sc6cc7ccccc7cc6c45)cc3)c3ccc4c(c3)-c3ccccc3C4)cc21. The van der Waals surface area contributed by atoms with Gasteiger partial charge in [-0.15, -0.1) is 11.3 Å².